The maximum atomic E-state index is 11.0. The van der Waals surface area contributed by atoms with Crippen LogP contribution in [0.5, 0.6) is 5.75 Å². The van der Waals surface area contributed by atoms with Gasteiger partial charge in [-0.2, -0.15) is 4.91 Å². The molecule has 0 saturated heterocycles. The molecule has 0 fully saturated rings. The fourth-order valence-electron chi connectivity index (χ4n) is 0.997. The molecule has 0 radical (unpaired) electrons. The number of ether oxygens (including phenoxy) is 1. The summed E-state index contributed by atoms with van der Waals surface area (Å²) in [6.45, 7) is -0.390. The molecule has 0 heterocycles. The maximum Gasteiger partial charge on any atom is 0.249 e. The first-order valence-electron chi connectivity index (χ1n) is 4.10. The average Bonchev–Trinajstić information content (AvgIpc) is 2.21. The van der Waals surface area contributed by atoms with Gasteiger partial charge in [0.15, 0.2) is 6.54 Å². The van der Waals surface area contributed by atoms with Gasteiger partial charge in [0, 0.05) is 11.8 Å². The Morgan fingerprint density at radius 2 is 2.33 bits per heavy atom. The highest BCUT2D eigenvalue weighted by Gasteiger charge is 2.05. The van der Waals surface area contributed by atoms with Crippen molar-refractivity contribution in [2.75, 3.05) is 19.0 Å². The van der Waals surface area contributed by atoms with E-state index in [1.54, 1.807) is 18.2 Å². The van der Waals surface area contributed by atoms with Gasteiger partial charge in [0.25, 0.3) is 0 Å². The molecule has 0 saturated carbocycles. The molecule has 1 aromatic carbocycles. The normalized spacial score (nSPS) is 9.47. The van der Waals surface area contributed by atoms with Crippen LogP contribution in [0.1, 0.15) is 0 Å². The molecule has 0 aliphatic heterocycles. The van der Waals surface area contributed by atoms with E-state index in [1.165, 1.54) is 7.11 Å². The molecule has 0 atom stereocenters. The maximum absolute atomic E-state index is 11.0. The lowest BCUT2D eigenvalue weighted by atomic mass is 10.3. The molecular formula is C9H9BrN2O3. The minimum atomic E-state index is -0.450. The van der Waals surface area contributed by atoms with Crippen molar-refractivity contribution in [3.63, 3.8) is 0 Å². The van der Waals surface area contributed by atoms with Crippen molar-refractivity contribution in [1.82, 2.24) is 0 Å². The highest BCUT2D eigenvalue weighted by atomic mass is 79.9. The molecule has 0 bridgehead atoms. The molecule has 15 heavy (non-hydrogen) atoms. The third kappa shape index (κ3) is 3.32. The summed E-state index contributed by atoms with van der Waals surface area (Å²) < 4.78 is 5.83. The Balaban J connectivity index is 2.78. The number of nitrogens with zero attached hydrogens (tertiary/aromatic N) is 1. The van der Waals surface area contributed by atoms with Crippen LogP contribution in [0.4, 0.5) is 5.69 Å². The van der Waals surface area contributed by atoms with Gasteiger partial charge < -0.3 is 10.1 Å². The van der Waals surface area contributed by atoms with Crippen LogP contribution in [-0.4, -0.2) is 19.6 Å². The summed E-state index contributed by atoms with van der Waals surface area (Å²) in [5.74, 6) is 0.154. The highest BCUT2D eigenvalue weighted by Crippen LogP contribution is 2.27. The van der Waals surface area contributed by atoms with Crippen molar-refractivity contribution < 1.29 is 9.53 Å². The third-order valence-electron chi connectivity index (χ3n) is 1.64. The van der Waals surface area contributed by atoms with E-state index < -0.39 is 12.5 Å². The molecule has 1 aromatic rings. The molecule has 5 nitrogen and oxygen atoms in total. The van der Waals surface area contributed by atoms with Crippen molar-refractivity contribution in [3.05, 3.63) is 27.6 Å². The molecule has 1 rings (SSSR count). The second-order valence-electron chi connectivity index (χ2n) is 2.68. The van der Waals surface area contributed by atoms with Gasteiger partial charge in [0.05, 0.1) is 11.6 Å². The SMILES string of the molecule is COc1cc(NC(=O)CN=O)ccc1Br. The van der Waals surface area contributed by atoms with Crippen LogP contribution in [-0.2, 0) is 4.79 Å². The Bertz CT molecular complexity index is 382. The fourth-order valence-corrected chi connectivity index (χ4v) is 1.41. The lowest BCUT2D eigenvalue weighted by Crippen LogP contribution is -2.14. The zero-order valence-corrected chi connectivity index (χ0v) is 9.58. The number of methoxy groups -OCH3 is 1. The fraction of sp³-hybridized carbons (Fsp3) is 0.222. The van der Waals surface area contributed by atoms with Crippen LogP contribution >= 0.6 is 15.9 Å². The van der Waals surface area contributed by atoms with E-state index in [2.05, 4.69) is 26.4 Å². The summed E-state index contributed by atoms with van der Waals surface area (Å²) >= 11 is 3.28. The number of hydrogen-bond donors (Lipinski definition) is 1. The largest absolute Gasteiger partial charge is 0.495 e. The first kappa shape index (κ1) is 11.6. The van der Waals surface area contributed by atoms with Gasteiger partial charge in [-0.15, -0.1) is 0 Å². The zero-order valence-electron chi connectivity index (χ0n) is 7.99. The van der Waals surface area contributed by atoms with Gasteiger partial charge in [-0.25, -0.2) is 0 Å². The Hall–Kier alpha value is -1.43. The summed E-state index contributed by atoms with van der Waals surface area (Å²) in [5.41, 5.74) is 0.559. The second kappa shape index (κ2) is 5.45. The number of nitrogens with one attached hydrogen (secondary N) is 1. The molecule has 0 spiro atoms. The van der Waals surface area contributed by atoms with E-state index >= 15 is 0 Å². The highest BCUT2D eigenvalue weighted by molar-refractivity contribution is 9.10. The Morgan fingerprint density at radius 1 is 1.60 bits per heavy atom. The third-order valence-corrected chi connectivity index (χ3v) is 2.30. The molecule has 1 N–H and O–H groups in total. The number of amides is 1. The molecule has 0 unspecified atom stereocenters. The number of benzene rings is 1. The molecular weight excluding hydrogens is 264 g/mol. The lowest BCUT2D eigenvalue weighted by molar-refractivity contribution is -0.114. The summed E-state index contributed by atoms with van der Waals surface area (Å²) in [6, 6.07) is 5.07. The van der Waals surface area contributed by atoms with Gasteiger partial charge in [-0.05, 0) is 28.1 Å². The number of rotatable bonds is 4. The van der Waals surface area contributed by atoms with Crippen LogP contribution in [0, 0.1) is 4.91 Å². The smallest absolute Gasteiger partial charge is 0.249 e. The van der Waals surface area contributed by atoms with E-state index in [0.29, 0.717) is 11.4 Å². The molecule has 0 aromatic heterocycles. The van der Waals surface area contributed by atoms with Crippen molar-refractivity contribution in [3.8, 4) is 5.75 Å². The van der Waals surface area contributed by atoms with E-state index in [0.717, 1.165) is 4.47 Å². The molecule has 0 aliphatic carbocycles. The second-order valence-corrected chi connectivity index (χ2v) is 3.54. The Kier molecular flexibility index (Phi) is 4.23. The monoisotopic (exact) mass is 272 g/mol. The van der Waals surface area contributed by atoms with Gasteiger partial charge in [-0.3, -0.25) is 4.79 Å². The standard InChI is InChI=1S/C9H9BrN2O3/c1-15-8-4-6(2-3-7(8)10)12-9(13)5-11-14/h2-4H,5H2,1H3,(H,12,13). The summed E-state index contributed by atoms with van der Waals surface area (Å²) in [4.78, 5) is 20.9. The van der Waals surface area contributed by atoms with Crippen LogP contribution in [0.25, 0.3) is 0 Å². The summed E-state index contributed by atoms with van der Waals surface area (Å²) in [5, 5.41) is 5.00. The molecule has 0 aliphatic rings. The zero-order chi connectivity index (χ0) is 11.3. The number of hydrogen-bond acceptors (Lipinski definition) is 4. The molecule has 1 amide bonds. The Labute approximate surface area is 94.9 Å². The van der Waals surface area contributed by atoms with Crippen molar-refractivity contribution in [2.45, 2.75) is 0 Å². The number of anilines is 1. The first-order valence-corrected chi connectivity index (χ1v) is 4.89. The van der Waals surface area contributed by atoms with Crippen LogP contribution < -0.4 is 10.1 Å². The van der Waals surface area contributed by atoms with E-state index in [9.17, 15) is 9.70 Å². The van der Waals surface area contributed by atoms with Gasteiger partial charge in [0.1, 0.15) is 5.75 Å². The van der Waals surface area contributed by atoms with Gasteiger partial charge in [0.2, 0.25) is 5.91 Å². The summed E-state index contributed by atoms with van der Waals surface area (Å²) in [6.07, 6.45) is 0. The lowest BCUT2D eigenvalue weighted by Gasteiger charge is -2.06. The first-order chi connectivity index (χ1) is 7.17. The quantitative estimate of drug-likeness (QED) is 0.855. The number of nitroso groups, excluding NO2 is 1. The molecule has 80 valence electrons. The molecule has 6 heteroatoms. The van der Waals surface area contributed by atoms with Gasteiger partial charge in [-0.1, -0.05) is 5.18 Å². The van der Waals surface area contributed by atoms with Crippen LogP contribution in [0.15, 0.2) is 27.8 Å². The topological polar surface area (TPSA) is 67.8 Å². The van der Waals surface area contributed by atoms with Crippen molar-refractivity contribution >= 4 is 27.5 Å². The minimum Gasteiger partial charge on any atom is -0.495 e. The Morgan fingerprint density at radius 3 is 2.93 bits per heavy atom. The van der Waals surface area contributed by atoms with Crippen molar-refractivity contribution in [2.24, 2.45) is 5.18 Å². The summed E-state index contributed by atoms with van der Waals surface area (Å²) in [7, 11) is 1.53. The number of carbonyl (C=O) groups excluding carboxylic acids is 1. The van der Waals surface area contributed by atoms with Crippen LogP contribution in [0.3, 0.4) is 0 Å². The van der Waals surface area contributed by atoms with E-state index in [1.807, 2.05) is 0 Å². The predicted octanol–water partition coefficient (Wildman–Crippen LogP) is 2.16. The predicted molar refractivity (Wildman–Crippen MR) is 60.0 cm³/mol. The van der Waals surface area contributed by atoms with E-state index in [4.69, 9.17) is 4.74 Å². The van der Waals surface area contributed by atoms with Crippen LogP contribution in [0.2, 0.25) is 0 Å². The van der Waals surface area contributed by atoms with E-state index in [-0.39, 0.29) is 0 Å². The number of carbonyl (C=O) groups is 1. The minimum absolute atomic E-state index is 0.390. The van der Waals surface area contributed by atoms with Crippen molar-refractivity contribution in [1.29, 1.82) is 0 Å². The number of halogens is 1. The average molecular weight is 273 g/mol. The van der Waals surface area contributed by atoms with Gasteiger partial charge >= 0.3 is 0 Å².